The Morgan fingerprint density at radius 3 is 3.11 bits per heavy atom. The first-order valence-electron chi connectivity index (χ1n) is 6.53. The largest absolute Gasteiger partial charge is 0.465 e. The summed E-state index contributed by atoms with van der Waals surface area (Å²) >= 11 is 1.29. The monoisotopic (exact) mass is 282 g/mol. The maximum absolute atomic E-state index is 11.8. The Balaban J connectivity index is 1.84. The quantitative estimate of drug-likeness (QED) is 0.809. The predicted molar refractivity (Wildman–Crippen MR) is 74.7 cm³/mol. The Morgan fingerprint density at radius 2 is 2.32 bits per heavy atom. The average Bonchev–Trinajstić information content (AvgIpc) is 3.03. The summed E-state index contributed by atoms with van der Waals surface area (Å²) in [6, 6.07) is 0.600. The normalized spacial score (nSPS) is 23.4. The number of nitrogens with zero attached hydrogens (tertiary/aromatic N) is 3. The van der Waals surface area contributed by atoms with Gasteiger partial charge >= 0.3 is 5.97 Å². The average molecular weight is 282 g/mol. The van der Waals surface area contributed by atoms with E-state index >= 15 is 0 Å². The molecule has 1 aromatic heterocycles. The van der Waals surface area contributed by atoms with Crippen molar-refractivity contribution in [1.82, 2.24) is 9.27 Å². The molecule has 19 heavy (non-hydrogen) atoms. The van der Waals surface area contributed by atoms with Gasteiger partial charge in [0.25, 0.3) is 0 Å². The van der Waals surface area contributed by atoms with E-state index in [4.69, 9.17) is 10.5 Å². The Bertz CT molecular complexity index is 490. The second-order valence-electron chi connectivity index (χ2n) is 5.02. The molecule has 0 amide bonds. The molecule has 2 N–H and O–H groups in total. The molecule has 3 heterocycles. The Hall–Kier alpha value is -1.34. The fraction of sp³-hybridized carbons (Fsp3) is 0.667. The second-order valence-corrected chi connectivity index (χ2v) is 5.77. The van der Waals surface area contributed by atoms with Gasteiger partial charge in [-0.25, -0.2) is 4.79 Å². The van der Waals surface area contributed by atoms with Crippen LogP contribution in [-0.4, -0.2) is 54.6 Å². The fourth-order valence-electron chi connectivity index (χ4n) is 2.98. The molecule has 1 aromatic rings. The predicted octanol–water partition coefficient (Wildman–Crippen LogP) is 0.796. The first-order valence-corrected chi connectivity index (χ1v) is 7.30. The molecule has 1 unspecified atom stereocenters. The van der Waals surface area contributed by atoms with Crippen molar-refractivity contribution in [2.75, 3.05) is 43.9 Å². The summed E-state index contributed by atoms with van der Waals surface area (Å²) in [4.78, 5) is 16.6. The molecular formula is C12H18N4O2S. The highest BCUT2D eigenvalue weighted by molar-refractivity contribution is 7.11. The highest BCUT2D eigenvalue weighted by Gasteiger charge is 2.33. The zero-order valence-corrected chi connectivity index (χ0v) is 11.8. The molecule has 2 saturated heterocycles. The van der Waals surface area contributed by atoms with Gasteiger partial charge in [0.15, 0.2) is 5.82 Å². The van der Waals surface area contributed by atoms with E-state index < -0.39 is 5.97 Å². The summed E-state index contributed by atoms with van der Waals surface area (Å²) in [5, 5.41) is 0.857. The van der Waals surface area contributed by atoms with E-state index in [9.17, 15) is 4.79 Å². The molecule has 0 aliphatic carbocycles. The van der Waals surface area contributed by atoms with Crippen LogP contribution in [-0.2, 0) is 4.74 Å². The third-order valence-electron chi connectivity index (χ3n) is 3.96. The van der Waals surface area contributed by atoms with Gasteiger partial charge in [0.05, 0.1) is 7.11 Å². The minimum atomic E-state index is -0.393. The highest BCUT2D eigenvalue weighted by atomic mass is 32.1. The number of hydrogen-bond donors (Lipinski definition) is 1. The van der Waals surface area contributed by atoms with Crippen LogP contribution in [0.4, 0.5) is 10.8 Å². The number of anilines is 2. The summed E-state index contributed by atoms with van der Waals surface area (Å²) < 4.78 is 8.91. The van der Waals surface area contributed by atoms with Crippen molar-refractivity contribution < 1.29 is 9.53 Å². The molecule has 0 radical (unpaired) electrons. The van der Waals surface area contributed by atoms with Gasteiger partial charge < -0.3 is 15.4 Å². The maximum Gasteiger partial charge on any atom is 0.344 e. The van der Waals surface area contributed by atoms with Gasteiger partial charge in [-0.05, 0) is 30.9 Å². The molecule has 2 aliphatic rings. The molecule has 104 valence electrons. The Kier molecular flexibility index (Phi) is 3.32. The van der Waals surface area contributed by atoms with E-state index in [1.807, 2.05) is 0 Å². The van der Waals surface area contributed by atoms with Crippen molar-refractivity contribution in [3.05, 3.63) is 5.56 Å². The number of methoxy groups -OCH3 is 1. The topological polar surface area (TPSA) is 71.7 Å². The number of piperazine rings is 1. The first kappa shape index (κ1) is 12.7. The van der Waals surface area contributed by atoms with Gasteiger partial charge in [0.2, 0.25) is 0 Å². The van der Waals surface area contributed by atoms with Gasteiger partial charge in [-0.3, -0.25) is 4.90 Å². The minimum Gasteiger partial charge on any atom is -0.465 e. The molecule has 1 atom stereocenters. The van der Waals surface area contributed by atoms with E-state index in [-0.39, 0.29) is 5.82 Å². The number of carbonyl (C=O) groups excluding carboxylic acids is 1. The summed E-state index contributed by atoms with van der Waals surface area (Å²) in [6.07, 6.45) is 2.51. The fourth-order valence-corrected chi connectivity index (χ4v) is 3.82. The van der Waals surface area contributed by atoms with E-state index in [0.717, 1.165) is 24.6 Å². The number of nitrogens with two attached hydrogens (primary N) is 1. The number of fused-ring (bicyclic) bond motifs is 1. The Labute approximate surface area is 116 Å². The molecule has 0 bridgehead atoms. The van der Waals surface area contributed by atoms with E-state index in [1.165, 1.54) is 38.0 Å². The highest BCUT2D eigenvalue weighted by Crippen LogP contribution is 2.34. The number of aromatic nitrogens is 1. The van der Waals surface area contributed by atoms with Crippen LogP contribution in [0.3, 0.4) is 0 Å². The second kappa shape index (κ2) is 4.97. The van der Waals surface area contributed by atoms with E-state index in [0.29, 0.717) is 11.6 Å². The molecule has 2 aliphatic heterocycles. The molecule has 6 nitrogen and oxygen atoms in total. The van der Waals surface area contributed by atoms with Crippen LogP contribution in [0.1, 0.15) is 23.2 Å². The van der Waals surface area contributed by atoms with Crippen LogP contribution in [0.2, 0.25) is 0 Å². The number of esters is 1. The number of nitrogen functional groups attached to an aromatic ring is 1. The van der Waals surface area contributed by atoms with Crippen molar-refractivity contribution in [3.8, 4) is 0 Å². The molecule has 0 aromatic carbocycles. The van der Waals surface area contributed by atoms with Gasteiger partial charge in [0.1, 0.15) is 10.6 Å². The van der Waals surface area contributed by atoms with Crippen molar-refractivity contribution in [1.29, 1.82) is 0 Å². The van der Waals surface area contributed by atoms with Gasteiger partial charge in [-0.15, -0.1) is 0 Å². The smallest absolute Gasteiger partial charge is 0.344 e. The molecule has 2 fully saturated rings. The van der Waals surface area contributed by atoms with Crippen LogP contribution in [0, 0.1) is 0 Å². The van der Waals surface area contributed by atoms with E-state index in [2.05, 4.69) is 14.2 Å². The minimum absolute atomic E-state index is 0.278. The lowest BCUT2D eigenvalue weighted by molar-refractivity contribution is 0.0602. The summed E-state index contributed by atoms with van der Waals surface area (Å²) in [5.74, 6) is -0.115. The lowest BCUT2D eigenvalue weighted by Gasteiger charge is -2.38. The third kappa shape index (κ3) is 2.17. The number of ether oxygens (including phenoxy) is 1. The third-order valence-corrected chi connectivity index (χ3v) is 4.89. The van der Waals surface area contributed by atoms with Crippen molar-refractivity contribution in [2.45, 2.75) is 18.9 Å². The van der Waals surface area contributed by atoms with Crippen molar-refractivity contribution in [2.24, 2.45) is 0 Å². The zero-order chi connectivity index (χ0) is 13.4. The lowest BCUT2D eigenvalue weighted by atomic mass is 10.1. The number of hydrogen-bond acceptors (Lipinski definition) is 7. The standard InChI is InChI=1S/C12H18N4O2S/c1-18-12(17)9-10(13)14-19-11(9)16-6-5-15-4-2-3-8(15)7-16/h8H,2-7H2,1H3,(H2,13,14). The number of carbonyl (C=O) groups is 1. The molecule has 0 spiro atoms. The van der Waals surface area contributed by atoms with Crippen LogP contribution in [0.15, 0.2) is 0 Å². The van der Waals surface area contributed by atoms with Crippen LogP contribution < -0.4 is 10.6 Å². The first-order chi connectivity index (χ1) is 9.20. The van der Waals surface area contributed by atoms with E-state index in [1.54, 1.807) is 0 Å². The zero-order valence-electron chi connectivity index (χ0n) is 11.0. The Morgan fingerprint density at radius 1 is 1.47 bits per heavy atom. The molecule has 7 heteroatoms. The van der Waals surface area contributed by atoms with Crippen molar-refractivity contribution in [3.63, 3.8) is 0 Å². The molecule has 3 rings (SSSR count). The van der Waals surface area contributed by atoms with Gasteiger partial charge in [-0.2, -0.15) is 4.37 Å². The van der Waals surface area contributed by atoms with Gasteiger partial charge in [0, 0.05) is 25.7 Å². The summed E-state index contributed by atoms with van der Waals surface area (Å²) in [5.41, 5.74) is 6.22. The van der Waals surface area contributed by atoms with Crippen LogP contribution in [0.25, 0.3) is 0 Å². The molecular weight excluding hydrogens is 264 g/mol. The lowest BCUT2D eigenvalue weighted by Crippen LogP contribution is -2.50. The van der Waals surface area contributed by atoms with Crippen molar-refractivity contribution >= 4 is 28.3 Å². The van der Waals surface area contributed by atoms with Crippen LogP contribution in [0.5, 0.6) is 0 Å². The maximum atomic E-state index is 11.8. The SMILES string of the molecule is COC(=O)c1c(N)nsc1N1CCN2CCCC2C1. The summed E-state index contributed by atoms with van der Waals surface area (Å²) in [7, 11) is 1.37. The number of rotatable bonds is 2. The molecule has 0 saturated carbocycles. The van der Waals surface area contributed by atoms with Crippen LogP contribution >= 0.6 is 11.5 Å². The summed E-state index contributed by atoms with van der Waals surface area (Å²) in [6.45, 7) is 4.12. The van der Waals surface area contributed by atoms with Gasteiger partial charge in [-0.1, -0.05) is 0 Å².